The maximum absolute atomic E-state index is 11.7. The molecule has 71 heavy (non-hydrogen) atoms. The molecule has 340 valence electrons. The second kappa shape index (κ2) is 16.6. The molecule has 12 aromatic rings. The van der Waals surface area contributed by atoms with Gasteiger partial charge >= 0.3 is 0 Å². The number of fused-ring (bicyclic) bond motifs is 6. The molecule has 0 radical (unpaired) electrons. The van der Waals surface area contributed by atoms with Gasteiger partial charge in [-0.3, -0.25) is 18.3 Å². The minimum Gasteiger partial charge on any atom is -0.285 e. The van der Waals surface area contributed by atoms with Crippen LogP contribution < -0.4 is 20.7 Å². The molecule has 4 heterocycles. The molecule has 4 aromatic heterocycles. The Balaban J connectivity index is 1.24. The largest absolute Gasteiger partial charge is 0.285 e. The summed E-state index contributed by atoms with van der Waals surface area (Å²) in [6, 6.07) is 58.3. The van der Waals surface area contributed by atoms with Gasteiger partial charge in [-0.15, -0.1) is 0 Å². The summed E-state index contributed by atoms with van der Waals surface area (Å²) >= 11 is 0. The van der Waals surface area contributed by atoms with E-state index in [1.54, 1.807) is 0 Å². The van der Waals surface area contributed by atoms with Crippen molar-refractivity contribution in [1.82, 2.24) is 28.2 Å². The van der Waals surface area contributed by atoms with Gasteiger partial charge in [-0.1, -0.05) is 132 Å². The fraction of sp³-hybridized carbons (Fsp3) is 0.0968. The average molecular weight is 933 g/mol. The van der Waals surface area contributed by atoms with Gasteiger partial charge in [-0.05, 0) is 126 Å². The van der Waals surface area contributed by atoms with Crippen LogP contribution in [0.1, 0.15) is 38.9 Å². The van der Waals surface area contributed by atoms with Crippen molar-refractivity contribution in [1.29, 1.82) is 5.26 Å². The molecule has 0 aliphatic carbocycles. The Kier molecular flexibility index (Phi) is 10.1. The number of nitriles is 1. The molecule has 0 spiro atoms. The van der Waals surface area contributed by atoms with Crippen LogP contribution in [0.15, 0.2) is 183 Å². The summed E-state index contributed by atoms with van der Waals surface area (Å²) in [6.07, 6.45) is 7.83. The normalized spacial score (nSPS) is 11.8. The van der Waals surface area contributed by atoms with Gasteiger partial charge < -0.3 is 0 Å². The summed E-state index contributed by atoms with van der Waals surface area (Å²) in [5.74, 6) is 1.49. The molecular weight excluding hydrogens is 885 g/mol. The maximum atomic E-state index is 11.7. The zero-order valence-electron chi connectivity index (χ0n) is 40.4. The third-order valence-electron chi connectivity index (χ3n) is 14.5. The first kappa shape index (κ1) is 43.3. The van der Waals surface area contributed by atoms with Crippen LogP contribution >= 0.6 is 0 Å². The lowest BCUT2D eigenvalue weighted by Gasteiger charge is -2.36. The van der Waals surface area contributed by atoms with Crippen LogP contribution in [0.5, 0.6) is 0 Å². The van der Waals surface area contributed by atoms with E-state index in [0.717, 1.165) is 110 Å². The van der Waals surface area contributed by atoms with Crippen molar-refractivity contribution in [3.63, 3.8) is 0 Å². The lowest BCUT2D eigenvalue weighted by atomic mass is 10.1. The van der Waals surface area contributed by atoms with Gasteiger partial charge in [0.15, 0.2) is 13.8 Å². The summed E-state index contributed by atoms with van der Waals surface area (Å²) in [6.45, 7) is 22.0. The van der Waals surface area contributed by atoms with Crippen LogP contribution in [0, 0.1) is 59.4 Å². The number of imidazole rings is 2. The lowest BCUT2D eigenvalue weighted by Crippen LogP contribution is -2.75. The van der Waals surface area contributed by atoms with Gasteiger partial charge in [0.2, 0.25) is 11.9 Å². The van der Waals surface area contributed by atoms with Crippen molar-refractivity contribution in [3.8, 4) is 29.3 Å². The van der Waals surface area contributed by atoms with Gasteiger partial charge in [-0.25, -0.2) is 14.8 Å². The Morgan fingerprint density at radius 3 is 1.35 bits per heavy atom. The molecule has 8 aromatic carbocycles. The Labute approximate surface area is 413 Å². The first-order valence-corrected chi connectivity index (χ1v) is 25.9. The SMILES string of the molecule is [C-]#[N+]c1cc2c3ccccc3n(-c3nccn3-c3c(C)cc(C)cc3C)c2cc1[Si](c1ccccc1)(c1ccccc1)c1cc2c(cc1C#N)c1ccccc1n2-c1nccn1-c1c(C)cc(C)cc1C. The fourth-order valence-electron chi connectivity index (χ4n) is 11.9. The monoisotopic (exact) mass is 932 g/mol. The Bertz CT molecular complexity index is 3890. The predicted molar refractivity (Wildman–Crippen MR) is 292 cm³/mol. The highest BCUT2D eigenvalue weighted by Crippen LogP contribution is 2.38. The molecular formula is C62H48N8Si. The van der Waals surface area contributed by atoms with E-state index in [0.29, 0.717) is 11.3 Å². The third kappa shape index (κ3) is 6.48. The molecule has 9 heteroatoms. The summed E-state index contributed by atoms with van der Waals surface area (Å²) in [5.41, 5.74) is 14.1. The van der Waals surface area contributed by atoms with Gasteiger partial charge in [0.05, 0.1) is 51.6 Å². The topological polar surface area (TPSA) is 73.7 Å². The molecule has 0 amide bonds. The molecule has 0 bridgehead atoms. The highest BCUT2D eigenvalue weighted by Gasteiger charge is 2.45. The van der Waals surface area contributed by atoms with Crippen molar-refractivity contribution in [2.45, 2.75) is 41.5 Å². The Hall–Kier alpha value is -9.02. The van der Waals surface area contributed by atoms with E-state index < -0.39 is 8.07 Å². The number of aryl methyl sites for hydroxylation is 6. The van der Waals surface area contributed by atoms with E-state index >= 15 is 0 Å². The molecule has 12 rings (SSSR count). The van der Waals surface area contributed by atoms with Crippen LogP contribution in [0.25, 0.3) is 71.7 Å². The Morgan fingerprint density at radius 2 is 0.901 bits per heavy atom. The highest BCUT2D eigenvalue weighted by atomic mass is 28.3. The molecule has 0 N–H and O–H groups in total. The molecule has 0 aliphatic heterocycles. The van der Waals surface area contributed by atoms with Gasteiger partial charge in [0, 0.05) is 40.9 Å². The van der Waals surface area contributed by atoms with E-state index in [9.17, 15) is 5.26 Å². The van der Waals surface area contributed by atoms with Gasteiger partial charge in [0.1, 0.15) is 0 Å². The number of nitrogens with zero attached hydrogens (tertiary/aromatic N) is 8. The van der Waals surface area contributed by atoms with Crippen LogP contribution in [0.4, 0.5) is 5.69 Å². The number of hydrogen-bond donors (Lipinski definition) is 0. The number of para-hydroxylation sites is 2. The van der Waals surface area contributed by atoms with Crippen LogP contribution in [0.2, 0.25) is 0 Å². The zero-order chi connectivity index (χ0) is 48.7. The first-order valence-electron chi connectivity index (χ1n) is 23.9. The zero-order valence-corrected chi connectivity index (χ0v) is 41.4. The number of aromatic nitrogens is 6. The summed E-state index contributed by atoms with van der Waals surface area (Å²) in [5, 5.41) is 19.5. The third-order valence-corrected chi connectivity index (χ3v) is 19.3. The molecule has 8 nitrogen and oxygen atoms in total. The molecule has 0 saturated heterocycles. The standard InChI is InChI=1S/C62H48N8Si/c1-39-30-41(3)59(42(4)31-39)67-28-26-65-61(67)69-53-24-16-14-22-48(53)50-34-45(38-63)57(36-55(50)69)71(46-18-10-8-11-19-46,47-20-12-9-13-21-47)58-37-56-51(35-52(58)64-7)49-23-15-17-25-54(49)70(56)62-66-27-29-68(62)60-43(5)32-40(2)33-44(60)6/h8-37H,1-6H3. The van der Waals surface area contributed by atoms with E-state index in [2.05, 4.69) is 216 Å². The van der Waals surface area contributed by atoms with E-state index in [4.69, 9.17) is 16.5 Å². The quantitative estimate of drug-likeness (QED) is 0.0865. The smallest absolute Gasteiger partial charge is 0.219 e. The number of hydrogen-bond acceptors (Lipinski definition) is 3. The second-order valence-corrected chi connectivity index (χ2v) is 22.6. The van der Waals surface area contributed by atoms with Crippen molar-refractivity contribution in [3.05, 3.63) is 233 Å². The molecule has 0 saturated carbocycles. The minimum absolute atomic E-state index is 0.540. The lowest BCUT2D eigenvalue weighted by molar-refractivity contribution is 0.923. The molecule has 0 fully saturated rings. The second-order valence-electron chi connectivity index (χ2n) is 18.9. The van der Waals surface area contributed by atoms with E-state index in [-0.39, 0.29) is 0 Å². The van der Waals surface area contributed by atoms with Crippen molar-refractivity contribution in [2.75, 3.05) is 0 Å². The summed E-state index contributed by atoms with van der Waals surface area (Å²) in [4.78, 5) is 14.7. The molecule has 0 unspecified atom stereocenters. The Morgan fingerprint density at radius 1 is 0.479 bits per heavy atom. The molecule has 0 aliphatic rings. The van der Waals surface area contributed by atoms with Gasteiger partial charge in [-0.2, -0.15) is 5.26 Å². The van der Waals surface area contributed by atoms with Crippen LogP contribution in [0.3, 0.4) is 0 Å². The maximum Gasteiger partial charge on any atom is 0.219 e. The van der Waals surface area contributed by atoms with Crippen molar-refractivity contribution < 1.29 is 0 Å². The fourth-order valence-corrected chi connectivity index (χ4v) is 16.9. The van der Waals surface area contributed by atoms with E-state index in [1.165, 1.54) is 11.1 Å². The van der Waals surface area contributed by atoms with Crippen LogP contribution in [-0.2, 0) is 0 Å². The van der Waals surface area contributed by atoms with Crippen molar-refractivity contribution in [2.24, 2.45) is 0 Å². The summed E-state index contributed by atoms with van der Waals surface area (Å²) in [7, 11) is -3.70. The van der Waals surface area contributed by atoms with Crippen LogP contribution in [-0.4, -0.2) is 36.3 Å². The van der Waals surface area contributed by atoms with Gasteiger partial charge in [0.25, 0.3) is 0 Å². The minimum atomic E-state index is -3.70. The summed E-state index contributed by atoms with van der Waals surface area (Å²) < 4.78 is 8.91. The predicted octanol–water partition coefficient (Wildman–Crippen LogP) is 11.9. The average Bonchev–Trinajstić information content (AvgIpc) is 4.18. The number of rotatable bonds is 8. The first-order chi connectivity index (χ1) is 34.6. The number of benzene rings is 8. The highest BCUT2D eigenvalue weighted by molar-refractivity contribution is 7.20. The van der Waals surface area contributed by atoms with E-state index in [1.807, 2.05) is 36.9 Å². The van der Waals surface area contributed by atoms with Crippen molar-refractivity contribution >= 4 is 78.1 Å². The molecule has 0 atom stereocenters.